The van der Waals surface area contributed by atoms with E-state index in [2.05, 4.69) is 0 Å². The van der Waals surface area contributed by atoms with Crippen LogP contribution in [0.5, 0.6) is 0 Å². The van der Waals surface area contributed by atoms with Crippen LogP contribution in [0.25, 0.3) is 0 Å². The Morgan fingerprint density at radius 3 is 2.08 bits per heavy atom. The van der Waals surface area contributed by atoms with E-state index in [1.165, 1.54) is 19.1 Å². The molecule has 13 heavy (non-hydrogen) atoms. The molecule has 1 rings (SSSR count). The van der Waals surface area contributed by atoms with E-state index in [0.717, 1.165) is 6.07 Å². The van der Waals surface area contributed by atoms with Crippen molar-refractivity contribution < 1.29 is 13.2 Å². The summed E-state index contributed by atoms with van der Waals surface area (Å²) in [6.07, 6.45) is -2.59. The van der Waals surface area contributed by atoms with Crippen molar-refractivity contribution in [2.75, 3.05) is 0 Å². The van der Waals surface area contributed by atoms with Crippen LogP contribution in [-0.2, 0) is 0 Å². The van der Waals surface area contributed by atoms with Crippen molar-refractivity contribution in [1.82, 2.24) is 0 Å². The third-order valence-electron chi connectivity index (χ3n) is 1.45. The van der Waals surface area contributed by atoms with Gasteiger partial charge < -0.3 is 0 Å². The minimum atomic E-state index is -2.59. The smallest absolute Gasteiger partial charge is 0.207 e. The lowest BCUT2D eigenvalue weighted by atomic mass is 10.1. The molecular formula is C10H13F3. The summed E-state index contributed by atoms with van der Waals surface area (Å²) in [7, 11) is 0. The van der Waals surface area contributed by atoms with Gasteiger partial charge in [-0.05, 0) is 18.6 Å². The van der Waals surface area contributed by atoms with Crippen LogP contribution >= 0.6 is 0 Å². The van der Waals surface area contributed by atoms with Crippen LogP contribution in [0.4, 0.5) is 13.2 Å². The van der Waals surface area contributed by atoms with Crippen molar-refractivity contribution in [3.05, 3.63) is 35.1 Å². The quantitative estimate of drug-likeness (QED) is 0.625. The van der Waals surface area contributed by atoms with Crippen LogP contribution in [0.15, 0.2) is 18.2 Å². The summed E-state index contributed by atoms with van der Waals surface area (Å²) >= 11 is 0. The maximum absolute atomic E-state index is 12.6. The monoisotopic (exact) mass is 190 g/mol. The van der Waals surface area contributed by atoms with Gasteiger partial charge in [-0.1, -0.05) is 26.0 Å². The molecule has 0 aliphatic heterocycles. The lowest BCUT2D eigenvalue weighted by Gasteiger charge is -2.00. The molecule has 0 atom stereocenters. The molecule has 1 aromatic rings. The lowest BCUT2D eigenvalue weighted by Crippen LogP contribution is -1.87. The zero-order valence-electron chi connectivity index (χ0n) is 7.94. The molecule has 0 aliphatic rings. The van der Waals surface area contributed by atoms with E-state index in [1.807, 2.05) is 13.8 Å². The number of rotatable bonds is 1. The molecule has 0 saturated heterocycles. The van der Waals surface area contributed by atoms with E-state index in [4.69, 9.17) is 0 Å². The van der Waals surface area contributed by atoms with Gasteiger partial charge in [0.25, 0.3) is 6.43 Å². The highest BCUT2D eigenvalue weighted by atomic mass is 19.3. The van der Waals surface area contributed by atoms with E-state index in [9.17, 15) is 13.2 Å². The average Bonchev–Trinajstić information content (AvgIpc) is 2.13. The Morgan fingerprint density at radius 2 is 1.69 bits per heavy atom. The largest absolute Gasteiger partial charge is 0.263 e. The maximum Gasteiger partial charge on any atom is 0.263 e. The molecule has 0 aromatic heterocycles. The molecule has 0 N–H and O–H groups in total. The fraction of sp³-hybridized carbons (Fsp3) is 0.400. The molecule has 0 fully saturated rings. The second kappa shape index (κ2) is 5.62. The Labute approximate surface area is 76.4 Å². The number of benzene rings is 1. The summed E-state index contributed by atoms with van der Waals surface area (Å²) in [6.45, 7) is 5.53. The van der Waals surface area contributed by atoms with Crippen molar-refractivity contribution in [2.24, 2.45) is 0 Å². The van der Waals surface area contributed by atoms with Crippen molar-refractivity contribution in [3.63, 3.8) is 0 Å². The van der Waals surface area contributed by atoms with Gasteiger partial charge in [-0.25, -0.2) is 13.2 Å². The summed E-state index contributed by atoms with van der Waals surface area (Å²) in [5.74, 6) is -0.581. The second-order valence-electron chi connectivity index (χ2n) is 2.31. The molecule has 0 amide bonds. The first-order valence-electron chi connectivity index (χ1n) is 4.15. The zero-order valence-corrected chi connectivity index (χ0v) is 7.94. The first-order valence-corrected chi connectivity index (χ1v) is 4.15. The number of hydrogen-bond donors (Lipinski definition) is 0. The lowest BCUT2D eigenvalue weighted by molar-refractivity contribution is 0.151. The van der Waals surface area contributed by atoms with Gasteiger partial charge in [-0.15, -0.1) is 0 Å². The van der Waals surface area contributed by atoms with Gasteiger partial charge >= 0.3 is 0 Å². The van der Waals surface area contributed by atoms with E-state index < -0.39 is 12.2 Å². The summed E-state index contributed by atoms with van der Waals surface area (Å²) in [5, 5.41) is 0. The minimum absolute atomic E-state index is 0.270. The SMILES string of the molecule is CC.Cc1ccc(C(F)F)cc1F. The Balaban J connectivity index is 0.000000671. The molecule has 0 heterocycles. The first kappa shape index (κ1) is 12.0. The average molecular weight is 190 g/mol. The van der Waals surface area contributed by atoms with E-state index in [0.29, 0.717) is 5.56 Å². The van der Waals surface area contributed by atoms with Gasteiger partial charge in [0.2, 0.25) is 0 Å². The Hall–Kier alpha value is -0.990. The van der Waals surface area contributed by atoms with Crippen molar-refractivity contribution in [2.45, 2.75) is 27.2 Å². The van der Waals surface area contributed by atoms with Crippen molar-refractivity contribution in [3.8, 4) is 0 Å². The Morgan fingerprint density at radius 1 is 1.15 bits per heavy atom. The summed E-state index contributed by atoms with van der Waals surface area (Å²) in [5.41, 5.74) is 0.113. The maximum atomic E-state index is 12.6. The predicted octanol–water partition coefficient (Wildman–Crippen LogP) is 4.10. The summed E-state index contributed by atoms with van der Waals surface area (Å²) in [4.78, 5) is 0. The van der Waals surface area contributed by atoms with Gasteiger partial charge in [-0.3, -0.25) is 0 Å². The van der Waals surface area contributed by atoms with Crippen LogP contribution < -0.4 is 0 Å². The van der Waals surface area contributed by atoms with Gasteiger partial charge in [-0.2, -0.15) is 0 Å². The number of hydrogen-bond acceptors (Lipinski definition) is 0. The van der Waals surface area contributed by atoms with Gasteiger partial charge in [0, 0.05) is 5.56 Å². The van der Waals surface area contributed by atoms with Crippen LogP contribution in [0.3, 0.4) is 0 Å². The number of alkyl halides is 2. The predicted molar refractivity (Wildman–Crippen MR) is 47.4 cm³/mol. The number of aryl methyl sites for hydroxylation is 1. The molecule has 0 saturated carbocycles. The molecule has 0 spiro atoms. The number of halogens is 3. The highest BCUT2D eigenvalue weighted by Crippen LogP contribution is 2.20. The van der Waals surface area contributed by atoms with Gasteiger partial charge in [0.05, 0.1) is 0 Å². The highest BCUT2D eigenvalue weighted by molar-refractivity contribution is 5.23. The molecule has 0 unspecified atom stereocenters. The van der Waals surface area contributed by atoms with Crippen LogP contribution in [0.1, 0.15) is 31.4 Å². The first-order chi connectivity index (χ1) is 6.11. The Kier molecular flexibility index (Phi) is 5.19. The fourth-order valence-corrected chi connectivity index (χ4v) is 0.745. The third-order valence-corrected chi connectivity index (χ3v) is 1.45. The van der Waals surface area contributed by atoms with E-state index in [1.54, 1.807) is 0 Å². The molecule has 74 valence electrons. The van der Waals surface area contributed by atoms with E-state index in [-0.39, 0.29) is 5.56 Å². The van der Waals surface area contributed by atoms with Crippen molar-refractivity contribution >= 4 is 0 Å². The molecule has 0 bridgehead atoms. The standard InChI is InChI=1S/C8H7F3.C2H6/c1-5-2-3-6(8(10)11)4-7(5)9;1-2/h2-4,8H,1H3;1-2H3. The van der Waals surface area contributed by atoms with Gasteiger partial charge in [0.1, 0.15) is 5.82 Å². The van der Waals surface area contributed by atoms with Crippen LogP contribution in [0, 0.1) is 12.7 Å². The molecule has 0 nitrogen and oxygen atoms in total. The minimum Gasteiger partial charge on any atom is -0.207 e. The Bertz CT molecular complexity index is 256. The third kappa shape index (κ3) is 3.49. The summed E-state index contributed by atoms with van der Waals surface area (Å²) < 4.78 is 36.4. The summed E-state index contributed by atoms with van der Waals surface area (Å²) in [6, 6.07) is 3.43. The topological polar surface area (TPSA) is 0 Å². The zero-order chi connectivity index (χ0) is 10.4. The van der Waals surface area contributed by atoms with E-state index >= 15 is 0 Å². The van der Waals surface area contributed by atoms with Crippen LogP contribution in [-0.4, -0.2) is 0 Å². The van der Waals surface area contributed by atoms with Gasteiger partial charge in [0.15, 0.2) is 0 Å². The highest BCUT2D eigenvalue weighted by Gasteiger charge is 2.07. The molecular weight excluding hydrogens is 177 g/mol. The molecule has 0 radical (unpaired) electrons. The molecule has 0 aliphatic carbocycles. The fourth-order valence-electron chi connectivity index (χ4n) is 0.745. The second-order valence-corrected chi connectivity index (χ2v) is 2.31. The molecule has 1 aromatic carbocycles. The molecule has 3 heteroatoms. The van der Waals surface area contributed by atoms with Crippen LogP contribution in [0.2, 0.25) is 0 Å². The van der Waals surface area contributed by atoms with Crippen molar-refractivity contribution in [1.29, 1.82) is 0 Å². The normalized spacial score (nSPS) is 9.46.